The number of ether oxygens (including phenoxy) is 4. The Labute approximate surface area is 246 Å². The lowest BCUT2D eigenvalue weighted by atomic mass is 10.1. The van der Waals surface area contributed by atoms with E-state index in [1.165, 1.54) is 19.1 Å². The second kappa shape index (κ2) is 15.3. The third-order valence-electron chi connectivity index (χ3n) is 6.48. The topological polar surface area (TPSA) is 86.3 Å². The van der Waals surface area contributed by atoms with E-state index >= 15 is 0 Å². The van der Waals surface area contributed by atoms with Crippen LogP contribution in [0.15, 0.2) is 103 Å². The fourth-order valence-electron chi connectivity index (χ4n) is 4.46. The smallest absolute Gasteiger partial charge is 0.249 e. The van der Waals surface area contributed by atoms with Gasteiger partial charge in [-0.15, -0.1) is 0 Å². The summed E-state index contributed by atoms with van der Waals surface area (Å²) < 4.78 is 23.1. The molecule has 0 aromatic heterocycles. The molecule has 2 amide bonds. The lowest BCUT2D eigenvalue weighted by Gasteiger charge is -2.32. The van der Waals surface area contributed by atoms with Crippen LogP contribution in [0.2, 0.25) is 0 Å². The summed E-state index contributed by atoms with van der Waals surface area (Å²) in [6.45, 7) is 2.14. The summed E-state index contributed by atoms with van der Waals surface area (Å²) in [6, 6.07) is 30.4. The molecule has 1 atom stereocenters. The molecule has 0 aliphatic heterocycles. The summed E-state index contributed by atoms with van der Waals surface area (Å²) in [5.41, 5.74) is 1.93. The molecule has 218 valence electrons. The summed E-state index contributed by atoms with van der Waals surface area (Å²) in [5.74, 6) is 1.49. The summed E-state index contributed by atoms with van der Waals surface area (Å²) in [7, 11) is 3.03. The van der Waals surface area contributed by atoms with Crippen molar-refractivity contribution in [3.8, 4) is 23.0 Å². The number of methoxy groups -OCH3 is 2. The number of carbonyl (C=O) groups is 2. The van der Waals surface area contributed by atoms with Crippen molar-refractivity contribution < 1.29 is 28.5 Å². The Hall–Kier alpha value is -4.82. The van der Waals surface area contributed by atoms with Crippen LogP contribution in [-0.2, 0) is 20.9 Å². The predicted molar refractivity (Wildman–Crippen MR) is 163 cm³/mol. The first-order chi connectivity index (χ1) is 20.5. The first kappa shape index (κ1) is 30.1. The minimum atomic E-state index is -1.01. The lowest BCUT2D eigenvalue weighted by molar-refractivity contribution is -0.125. The van der Waals surface area contributed by atoms with Gasteiger partial charge in [-0.2, -0.15) is 0 Å². The lowest BCUT2D eigenvalue weighted by Crippen LogP contribution is -2.50. The van der Waals surface area contributed by atoms with Gasteiger partial charge < -0.3 is 24.3 Å². The Morgan fingerprint density at radius 1 is 0.786 bits per heavy atom. The number of rotatable bonds is 14. The first-order valence-corrected chi connectivity index (χ1v) is 13.8. The van der Waals surface area contributed by atoms with Crippen molar-refractivity contribution >= 4 is 23.2 Å². The molecule has 0 heterocycles. The molecule has 0 aliphatic carbocycles. The Morgan fingerprint density at radius 3 is 2.10 bits per heavy atom. The number of para-hydroxylation sites is 2. The normalized spacial score (nSPS) is 11.3. The number of benzene rings is 4. The van der Waals surface area contributed by atoms with E-state index in [-0.39, 0.29) is 25.5 Å². The number of nitrogens with one attached hydrogen (secondary N) is 1. The molecule has 0 fully saturated rings. The minimum absolute atomic E-state index is 0.0499. The quantitative estimate of drug-likeness (QED) is 0.179. The maximum absolute atomic E-state index is 13.9. The molecule has 0 bridgehead atoms. The van der Waals surface area contributed by atoms with E-state index in [0.29, 0.717) is 40.8 Å². The Balaban J connectivity index is 1.62. The van der Waals surface area contributed by atoms with Gasteiger partial charge in [0.05, 0.1) is 33.1 Å². The predicted octanol–water partition coefficient (Wildman–Crippen LogP) is 6.85. The Bertz CT molecular complexity index is 1430. The molecule has 1 unspecified atom stereocenters. The number of amides is 2. The average Bonchev–Trinajstić information content (AvgIpc) is 3.02. The van der Waals surface area contributed by atoms with Gasteiger partial charge in [-0.05, 0) is 60.5 Å². The van der Waals surface area contributed by atoms with Gasteiger partial charge in [0, 0.05) is 12.1 Å². The molecular weight excluding hydrogens is 532 g/mol. The van der Waals surface area contributed by atoms with E-state index in [9.17, 15) is 9.59 Å². The fraction of sp³-hybridized carbons (Fsp3) is 0.235. The summed E-state index contributed by atoms with van der Waals surface area (Å²) in [6.07, 6.45) is 0.831. The van der Waals surface area contributed by atoms with E-state index in [0.717, 1.165) is 5.56 Å². The van der Waals surface area contributed by atoms with Gasteiger partial charge in [-0.25, -0.2) is 0 Å². The second-order valence-electron chi connectivity index (χ2n) is 9.47. The molecule has 0 radical (unpaired) electrons. The molecule has 4 aromatic carbocycles. The molecule has 0 saturated heterocycles. The van der Waals surface area contributed by atoms with Gasteiger partial charge in [0.25, 0.3) is 0 Å². The van der Waals surface area contributed by atoms with Crippen molar-refractivity contribution in [2.24, 2.45) is 0 Å². The molecule has 0 aliphatic rings. The zero-order valence-corrected chi connectivity index (χ0v) is 24.1. The maximum atomic E-state index is 13.9. The molecule has 1 N–H and O–H groups in total. The van der Waals surface area contributed by atoms with E-state index in [2.05, 4.69) is 5.32 Å². The van der Waals surface area contributed by atoms with Gasteiger partial charge >= 0.3 is 0 Å². The summed E-state index contributed by atoms with van der Waals surface area (Å²) in [5, 5.41) is 2.95. The fourth-order valence-corrected chi connectivity index (χ4v) is 4.46. The van der Waals surface area contributed by atoms with Crippen molar-refractivity contribution in [3.63, 3.8) is 0 Å². The molecular formula is C34H36N2O6. The van der Waals surface area contributed by atoms with Crippen LogP contribution in [0.5, 0.6) is 23.0 Å². The van der Waals surface area contributed by atoms with Crippen LogP contribution < -0.4 is 24.4 Å². The largest absolute Gasteiger partial charge is 0.493 e. The maximum Gasteiger partial charge on any atom is 0.249 e. The molecule has 4 aromatic rings. The van der Waals surface area contributed by atoms with Crippen LogP contribution in [0.4, 0.5) is 11.4 Å². The van der Waals surface area contributed by atoms with Gasteiger partial charge in [0.15, 0.2) is 11.5 Å². The number of nitrogens with zero attached hydrogens (tertiary/aromatic N) is 1. The van der Waals surface area contributed by atoms with Crippen LogP contribution in [0.1, 0.15) is 25.3 Å². The van der Waals surface area contributed by atoms with E-state index in [1.54, 1.807) is 42.5 Å². The third-order valence-corrected chi connectivity index (χ3v) is 6.48. The van der Waals surface area contributed by atoms with Crippen LogP contribution in [-0.4, -0.2) is 38.7 Å². The highest BCUT2D eigenvalue weighted by Crippen LogP contribution is 2.39. The average molecular weight is 569 g/mol. The Morgan fingerprint density at radius 2 is 1.45 bits per heavy atom. The first-order valence-electron chi connectivity index (χ1n) is 13.8. The third kappa shape index (κ3) is 7.89. The molecule has 4 rings (SSSR count). The number of anilines is 2. The van der Waals surface area contributed by atoms with Gasteiger partial charge in [0.2, 0.25) is 11.8 Å². The van der Waals surface area contributed by atoms with E-state index in [4.69, 9.17) is 18.9 Å². The molecule has 8 heteroatoms. The summed E-state index contributed by atoms with van der Waals surface area (Å²) >= 11 is 0. The standard InChI is InChI=1S/C34H36N2O6/c1-4-12-32(37)36(29-17-11-18-31(39-2)33(29)40-3)30(24-41-23-25-13-7-5-8-14-25)34(38)35-26-19-21-28(22-20-26)42-27-15-9-6-10-16-27/h5-11,13-22,30H,4,12,23-24H2,1-3H3,(H,35,38). The molecule has 8 nitrogen and oxygen atoms in total. The van der Waals surface area contributed by atoms with Crippen molar-refractivity contribution in [3.05, 3.63) is 109 Å². The highest BCUT2D eigenvalue weighted by atomic mass is 16.5. The SMILES string of the molecule is CCCC(=O)N(c1cccc(OC)c1OC)C(COCc1ccccc1)C(=O)Nc1ccc(Oc2ccccc2)cc1. The zero-order valence-electron chi connectivity index (χ0n) is 24.1. The van der Waals surface area contributed by atoms with Crippen LogP contribution in [0.25, 0.3) is 0 Å². The number of hydrogen-bond donors (Lipinski definition) is 1. The van der Waals surface area contributed by atoms with Crippen LogP contribution in [0.3, 0.4) is 0 Å². The molecule has 0 saturated carbocycles. The van der Waals surface area contributed by atoms with E-state index < -0.39 is 11.9 Å². The molecule has 42 heavy (non-hydrogen) atoms. The van der Waals surface area contributed by atoms with Crippen molar-refractivity contribution in [2.45, 2.75) is 32.4 Å². The van der Waals surface area contributed by atoms with Gasteiger partial charge in [-0.1, -0.05) is 61.5 Å². The minimum Gasteiger partial charge on any atom is -0.493 e. The van der Waals surface area contributed by atoms with E-state index in [1.807, 2.05) is 67.6 Å². The number of hydrogen-bond acceptors (Lipinski definition) is 6. The zero-order chi connectivity index (χ0) is 29.7. The van der Waals surface area contributed by atoms with Crippen LogP contribution >= 0.6 is 0 Å². The molecule has 0 spiro atoms. The summed E-state index contributed by atoms with van der Waals surface area (Å²) in [4.78, 5) is 29.0. The van der Waals surface area contributed by atoms with Crippen molar-refractivity contribution in [1.29, 1.82) is 0 Å². The highest BCUT2D eigenvalue weighted by molar-refractivity contribution is 6.06. The Kier molecular flexibility index (Phi) is 10.9. The van der Waals surface area contributed by atoms with Gasteiger partial charge in [-0.3, -0.25) is 14.5 Å². The van der Waals surface area contributed by atoms with Crippen molar-refractivity contribution in [2.75, 3.05) is 31.0 Å². The van der Waals surface area contributed by atoms with Crippen molar-refractivity contribution in [1.82, 2.24) is 0 Å². The van der Waals surface area contributed by atoms with Crippen LogP contribution in [0, 0.1) is 0 Å². The number of carbonyl (C=O) groups excluding carboxylic acids is 2. The second-order valence-corrected chi connectivity index (χ2v) is 9.47. The van der Waals surface area contributed by atoms with Gasteiger partial charge in [0.1, 0.15) is 17.5 Å². The monoisotopic (exact) mass is 568 g/mol. The highest BCUT2D eigenvalue weighted by Gasteiger charge is 2.34.